The zero-order chi connectivity index (χ0) is 19.0. The summed E-state index contributed by atoms with van der Waals surface area (Å²) in [7, 11) is 0. The van der Waals surface area contributed by atoms with Gasteiger partial charge in [0, 0.05) is 0 Å². The first-order valence-corrected chi connectivity index (χ1v) is 9.52. The van der Waals surface area contributed by atoms with Crippen molar-refractivity contribution in [3.8, 4) is 0 Å². The molecule has 2 aliphatic carbocycles. The van der Waals surface area contributed by atoms with E-state index in [0.29, 0.717) is 22.7 Å². The Hall–Kier alpha value is -2.87. The van der Waals surface area contributed by atoms with Gasteiger partial charge < -0.3 is 20.2 Å². The molecule has 2 amide bonds. The summed E-state index contributed by atoms with van der Waals surface area (Å²) in [5, 5.41) is 17.2. The molecule has 7 nitrogen and oxygen atoms in total. The van der Waals surface area contributed by atoms with Gasteiger partial charge in [-0.1, -0.05) is 12.2 Å². The Labute approximate surface area is 159 Å². The van der Waals surface area contributed by atoms with Crippen LogP contribution in [0.15, 0.2) is 46.4 Å². The number of fused-ring (bicyclic) bond motifs is 2. The van der Waals surface area contributed by atoms with Crippen LogP contribution < -0.4 is 10.6 Å². The lowest BCUT2D eigenvalue weighted by Gasteiger charge is -2.23. The highest BCUT2D eigenvalue weighted by atomic mass is 32.1. The van der Waals surface area contributed by atoms with Gasteiger partial charge in [-0.15, -0.1) is 11.3 Å². The number of nitrogens with one attached hydrogen (secondary N) is 2. The van der Waals surface area contributed by atoms with E-state index in [4.69, 9.17) is 4.42 Å². The predicted octanol–water partition coefficient (Wildman–Crippen LogP) is 2.73. The first-order chi connectivity index (χ1) is 13.0. The Morgan fingerprint density at radius 2 is 1.96 bits per heavy atom. The molecule has 27 heavy (non-hydrogen) atoms. The lowest BCUT2D eigenvalue weighted by Crippen LogP contribution is -2.36. The molecule has 0 aromatic carbocycles. The molecule has 0 aliphatic heterocycles. The van der Waals surface area contributed by atoms with Crippen LogP contribution in [0, 0.1) is 23.7 Å². The molecule has 1 fully saturated rings. The Morgan fingerprint density at radius 3 is 2.67 bits per heavy atom. The minimum absolute atomic E-state index is 0.0627. The summed E-state index contributed by atoms with van der Waals surface area (Å²) in [6.45, 7) is 0.243. The second-order valence-corrected chi connectivity index (χ2v) is 7.67. The molecule has 4 rings (SSSR count). The molecule has 0 saturated heterocycles. The smallest absolute Gasteiger partial charge is 0.307 e. The van der Waals surface area contributed by atoms with E-state index in [2.05, 4.69) is 10.6 Å². The minimum Gasteiger partial charge on any atom is -0.481 e. The zero-order valence-electron chi connectivity index (χ0n) is 14.3. The second-order valence-electron chi connectivity index (χ2n) is 6.75. The highest BCUT2D eigenvalue weighted by molar-refractivity contribution is 7.14. The van der Waals surface area contributed by atoms with Crippen molar-refractivity contribution >= 4 is 34.1 Å². The molecule has 4 atom stereocenters. The number of hydrogen-bond donors (Lipinski definition) is 3. The number of thiophene rings is 1. The third-order valence-corrected chi connectivity index (χ3v) is 6.03. The maximum atomic E-state index is 12.8. The number of carboxylic acids is 1. The largest absolute Gasteiger partial charge is 0.481 e. The van der Waals surface area contributed by atoms with Gasteiger partial charge in [0.25, 0.3) is 5.91 Å². The van der Waals surface area contributed by atoms with Crippen molar-refractivity contribution in [3.63, 3.8) is 0 Å². The number of carbonyl (C=O) groups excluding carboxylic acids is 2. The summed E-state index contributed by atoms with van der Waals surface area (Å²) in [5.41, 5.74) is 0.352. The van der Waals surface area contributed by atoms with E-state index in [-0.39, 0.29) is 30.2 Å². The van der Waals surface area contributed by atoms with Crippen LogP contribution in [-0.4, -0.2) is 22.9 Å². The molecule has 8 heteroatoms. The summed E-state index contributed by atoms with van der Waals surface area (Å²) in [6.07, 6.45) is 6.04. The van der Waals surface area contributed by atoms with Crippen molar-refractivity contribution in [2.75, 3.05) is 5.32 Å². The van der Waals surface area contributed by atoms with Gasteiger partial charge in [0.1, 0.15) is 10.8 Å². The number of carboxylic acid groups (broad SMARTS) is 1. The van der Waals surface area contributed by atoms with Gasteiger partial charge in [-0.05, 0) is 41.8 Å². The fourth-order valence-corrected chi connectivity index (χ4v) is 4.76. The molecule has 1 saturated carbocycles. The van der Waals surface area contributed by atoms with Gasteiger partial charge in [0.15, 0.2) is 0 Å². The van der Waals surface area contributed by atoms with E-state index >= 15 is 0 Å². The van der Waals surface area contributed by atoms with Crippen LogP contribution in [0.2, 0.25) is 0 Å². The Morgan fingerprint density at radius 1 is 1.19 bits per heavy atom. The quantitative estimate of drug-likeness (QED) is 0.662. The van der Waals surface area contributed by atoms with Crippen LogP contribution in [0.5, 0.6) is 0 Å². The first kappa shape index (κ1) is 17.5. The Balaban J connectivity index is 1.45. The van der Waals surface area contributed by atoms with Crippen molar-refractivity contribution in [2.45, 2.75) is 13.0 Å². The number of aliphatic carboxylic acids is 1. The topological polar surface area (TPSA) is 109 Å². The number of anilines is 1. The number of carbonyl (C=O) groups is 3. The van der Waals surface area contributed by atoms with Gasteiger partial charge in [-0.2, -0.15) is 0 Å². The molecular formula is C19H18N2O5S. The maximum absolute atomic E-state index is 12.8. The second kappa shape index (κ2) is 7.03. The Kier molecular flexibility index (Phi) is 4.57. The summed E-state index contributed by atoms with van der Waals surface area (Å²) >= 11 is 1.24. The number of allylic oxidation sites excluding steroid dienone is 2. The number of furan rings is 1. The number of hydrogen-bond acceptors (Lipinski definition) is 5. The molecule has 4 unspecified atom stereocenters. The Bertz CT molecular complexity index is 901. The van der Waals surface area contributed by atoms with Gasteiger partial charge >= 0.3 is 5.97 Å². The average Bonchev–Trinajstić information content (AvgIpc) is 3.42. The third kappa shape index (κ3) is 3.28. The van der Waals surface area contributed by atoms with Crippen LogP contribution in [0.25, 0.3) is 0 Å². The van der Waals surface area contributed by atoms with E-state index in [1.165, 1.54) is 17.6 Å². The third-order valence-electron chi connectivity index (χ3n) is 5.20. The van der Waals surface area contributed by atoms with Gasteiger partial charge in [-0.25, -0.2) is 0 Å². The van der Waals surface area contributed by atoms with Crippen LogP contribution in [0.4, 0.5) is 5.00 Å². The van der Waals surface area contributed by atoms with E-state index in [9.17, 15) is 19.5 Å². The predicted molar refractivity (Wildman–Crippen MR) is 98.2 cm³/mol. The first-order valence-electron chi connectivity index (χ1n) is 8.64. The number of rotatable bonds is 6. The normalized spacial score (nSPS) is 25.5. The average molecular weight is 386 g/mol. The zero-order valence-corrected chi connectivity index (χ0v) is 15.1. The van der Waals surface area contributed by atoms with E-state index in [1.54, 1.807) is 23.6 Å². The van der Waals surface area contributed by atoms with Crippen molar-refractivity contribution in [1.29, 1.82) is 0 Å². The molecule has 0 radical (unpaired) electrons. The van der Waals surface area contributed by atoms with Crippen molar-refractivity contribution in [3.05, 3.63) is 53.3 Å². The minimum atomic E-state index is -0.949. The molecule has 2 aliphatic rings. The molecule has 2 heterocycles. The summed E-state index contributed by atoms with van der Waals surface area (Å²) in [5.74, 6) is -2.48. The standard InChI is InChI=1S/C19H18N2O5S/c22-16(20-9-12-2-1-6-26-12)13-5-7-27-18(13)21-17(23)14-10-3-4-11(8-10)15(14)19(24)25/h1-7,10-11,14-15H,8-9H2,(H,20,22)(H,21,23)(H,24,25). The lowest BCUT2D eigenvalue weighted by atomic mass is 9.82. The highest BCUT2D eigenvalue weighted by Gasteiger charge is 2.51. The maximum Gasteiger partial charge on any atom is 0.307 e. The van der Waals surface area contributed by atoms with Crippen LogP contribution in [-0.2, 0) is 16.1 Å². The molecule has 2 aromatic heterocycles. The van der Waals surface area contributed by atoms with Gasteiger partial charge in [-0.3, -0.25) is 14.4 Å². The van der Waals surface area contributed by atoms with Crippen molar-refractivity contribution < 1.29 is 23.9 Å². The van der Waals surface area contributed by atoms with E-state index in [1.807, 2.05) is 12.2 Å². The summed E-state index contributed by atoms with van der Waals surface area (Å²) in [4.78, 5) is 36.8. The monoisotopic (exact) mass is 386 g/mol. The van der Waals surface area contributed by atoms with Crippen molar-refractivity contribution in [1.82, 2.24) is 5.32 Å². The molecule has 0 spiro atoms. The fourth-order valence-electron chi connectivity index (χ4n) is 3.97. The number of amides is 2. The van der Waals surface area contributed by atoms with Crippen molar-refractivity contribution in [2.24, 2.45) is 23.7 Å². The molecule has 2 aromatic rings. The summed E-state index contributed by atoms with van der Waals surface area (Å²) < 4.78 is 5.18. The SMILES string of the molecule is O=C(NCc1ccco1)c1ccsc1NC(=O)C1C2C=CC(C2)C1C(=O)O. The molecule has 140 valence electrons. The van der Waals surface area contributed by atoms with Crippen LogP contribution in [0.3, 0.4) is 0 Å². The molecule has 3 N–H and O–H groups in total. The fraction of sp³-hybridized carbons (Fsp3) is 0.316. The van der Waals surface area contributed by atoms with E-state index < -0.39 is 17.8 Å². The molecular weight excluding hydrogens is 368 g/mol. The van der Waals surface area contributed by atoms with Crippen LogP contribution >= 0.6 is 11.3 Å². The highest BCUT2D eigenvalue weighted by Crippen LogP contribution is 2.48. The summed E-state index contributed by atoms with van der Waals surface area (Å²) in [6, 6.07) is 5.12. The van der Waals surface area contributed by atoms with Gasteiger partial charge in [0.2, 0.25) is 5.91 Å². The van der Waals surface area contributed by atoms with Crippen LogP contribution in [0.1, 0.15) is 22.5 Å². The van der Waals surface area contributed by atoms with Gasteiger partial charge in [0.05, 0.1) is 30.2 Å². The van der Waals surface area contributed by atoms with E-state index in [0.717, 1.165) is 0 Å². The molecule has 2 bridgehead atoms. The lowest BCUT2D eigenvalue weighted by molar-refractivity contribution is -0.146.